The van der Waals surface area contributed by atoms with Crippen molar-refractivity contribution >= 4 is 55.8 Å². The highest BCUT2D eigenvalue weighted by Gasteiger charge is 2.25. The number of halogens is 1. The van der Waals surface area contributed by atoms with Crippen molar-refractivity contribution in [2.75, 3.05) is 18.0 Å². The van der Waals surface area contributed by atoms with Crippen LogP contribution in [0.15, 0.2) is 53.0 Å². The molecule has 2 aromatic heterocycles. The van der Waals surface area contributed by atoms with Crippen molar-refractivity contribution in [2.45, 2.75) is 0 Å². The minimum absolute atomic E-state index is 0.669. The third kappa shape index (κ3) is 2.37. The molecule has 2 aromatic carbocycles. The molecule has 0 spiro atoms. The lowest BCUT2D eigenvalue weighted by Gasteiger charge is -2.17. The van der Waals surface area contributed by atoms with Crippen LogP contribution in [0.3, 0.4) is 0 Å². The van der Waals surface area contributed by atoms with Gasteiger partial charge in [0.25, 0.3) is 0 Å². The number of nitrogens with one attached hydrogen (secondary N) is 1. The molecule has 1 aliphatic heterocycles. The SMILES string of the molecule is S=C1NCCN1c1nc2ccccc2n2c(-c3ccc(Br)cc3)nnc12. The molecule has 0 unspecified atom stereocenters. The minimum atomic E-state index is 0.669. The molecule has 128 valence electrons. The maximum atomic E-state index is 5.43. The number of hydrogen-bond acceptors (Lipinski definition) is 4. The summed E-state index contributed by atoms with van der Waals surface area (Å²) in [5, 5.41) is 12.8. The summed E-state index contributed by atoms with van der Waals surface area (Å²) < 4.78 is 3.08. The van der Waals surface area contributed by atoms with E-state index in [4.69, 9.17) is 17.2 Å². The third-order valence-corrected chi connectivity index (χ3v) is 5.32. The van der Waals surface area contributed by atoms with E-state index in [1.165, 1.54) is 0 Å². The molecule has 0 aliphatic carbocycles. The minimum Gasteiger partial charge on any atom is -0.360 e. The smallest absolute Gasteiger partial charge is 0.205 e. The molecular formula is C18H13BrN6S. The first-order valence-electron chi connectivity index (χ1n) is 8.17. The van der Waals surface area contributed by atoms with Crippen LogP contribution < -0.4 is 10.2 Å². The fourth-order valence-electron chi connectivity index (χ4n) is 3.21. The molecule has 5 rings (SSSR count). The molecule has 6 nitrogen and oxygen atoms in total. The molecule has 0 saturated carbocycles. The van der Waals surface area contributed by atoms with Gasteiger partial charge in [-0.05, 0) is 36.5 Å². The van der Waals surface area contributed by atoms with Crippen LogP contribution in [0.5, 0.6) is 0 Å². The summed E-state index contributed by atoms with van der Waals surface area (Å²) >= 11 is 8.92. The Labute approximate surface area is 163 Å². The summed E-state index contributed by atoms with van der Waals surface area (Å²) in [5.41, 5.74) is 3.54. The first kappa shape index (κ1) is 15.7. The van der Waals surface area contributed by atoms with Gasteiger partial charge < -0.3 is 5.32 Å². The predicted molar refractivity (Wildman–Crippen MR) is 109 cm³/mol. The second kappa shape index (κ2) is 6.00. The molecule has 0 atom stereocenters. The second-order valence-electron chi connectivity index (χ2n) is 6.00. The van der Waals surface area contributed by atoms with E-state index in [1.54, 1.807) is 0 Å². The Morgan fingerprint density at radius 3 is 2.62 bits per heavy atom. The maximum Gasteiger partial charge on any atom is 0.205 e. The molecule has 1 fully saturated rings. The highest BCUT2D eigenvalue weighted by atomic mass is 79.9. The highest BCUT2D eigenvalue weighted by Crippen LogP contribution is 2.29. The Kier molecular flexibility index (Phi) is 3.61. The number of fused-ring (bicyclic) bond motifs is 3. The number of hydrogen-bond donors (Lipinski definition) is 1. The standard InChI is InChI=1S/C18H13BrN6S/c19-12-7-5-11(6-8-12)15-22-23-17-16(24-10-9-20-18(24)26)21-13-3-1-2-4-14(13)25(15)17/h1-8H,9-10H2,(H,20,26). The quantitative estimate of drug-likeness (QED) is 0.497. The van der Waals surface area contributed by atoms with Gasteiger partial charge in [0.05, 0.1) is 11.0 Å². The summed E-state index contributed by atoms with van der Waals surface area (Å²) in [6.45, 7) is 1.56. The van der Waals surface area contributed by atoms with E-state index >= 15 is 0 Å². The molecular weight excluding hydrogens is 412 g/mol. The Bertz CT molecular complexity index is 1150. The van der Waals surface area contributed by atoms with Crippen LogP contribution in [0.25, 0.3) is 28.1 Å². The van der Waals surface area contributed by atoms with E-state index in [0.717, 1.165) is 45.8 Å². The summed E-state index contributed by atoms with van der Waals surface area (Å²) in [5.74, 6) is 1.51. The Hall–Kier alpha value is -2.58. The zero-order valence-corrected chi connectivity index (χ0v) is 16.0. The van der Waals surface area contributed by atoms with Gasteiger partial charge in [-0.15, -0.1) is 10.2 Å². The van der Waals surface area contributed by atoms with Crippen LogP contribution >= 0.6 is 28.1 Å². The van der Waals surface area contributed by atoms with Crippen molar-refractivity contribution in [2.24, 2.45) is 0 Å². The summed E-state index contributed by atoms with van der Waals surface area (Å²) in [4.78, 5) is 6.81. The lowest BCUT2D eigenvalue weighted by atomic mass is 10.2. The van der Waals surface area contributed by atoms with Gasteiger partial charge in [-0.1, -0.05) is 40.2 Å². The molecule has 0 radical (unpaired) electrons. The topological polar surface area (TPSA) is 58.4 Å². The van der Waals surface area contributed by atoms with Gasteiger partial charge in [-0.3, -0.25) is 9.30 Å². The Balaban J connectivity index is 1.85. The predicted octanol–water partition coefficient (Wildman–Crippen LogP) is 3.40. The number of anilines is 1. The number of thiocarbonyl (C=S) groups is 1. The van der Waals surface area contributed by atoms with Crippen LogP contribution in [0.1, 0.15) is 0 Å². The van der Waals surface area contributed by atoms with Crippen molar-refractivity contribution in [1.82, 2.24) is 24.9 Å². The molecule has 1 saturated heterocycles. The average molecular weight is 425 g/mol. The summed E-state index contributed by atoms with van der Waals surface area (Å²) in [7, 11) is 0. The van der Waals surface area contributed by atoms with E-state index in [-0.39, 0.29) is 0 Å². The number of rotatable bonds is 2. The molecule has 4 aromatic rings. The van der Waals surface area contributed by atoms with Gasteiger partial charge in [0.1, 0.15) is 0 Å². The lowest BCUT2D eigenvalue weighted by Crippen LogP contribution is -2.28. The van der Waals surface area contributed by atoms with E-state index in [9.17, 15) is 0 Å². The summed E-state index contributed by atoms with van der Waals surface area (Å²) in [6.07, 6.45) is 0. The van der Waals surface area contributed by atoms with Crippen LogP contribution in [0.2, 0.25) is 0 Å². The molecule has 8 heteroatoms. The van der Waals surface area contributed by atoms with Gasteiger partial charge in [-0.25, -0.2) is 4.98 Å². The Morgan fingerprint density at radius 2 is 1.85 bits per heavy atom. The second-order valence-corrected chi connectivity index (χ2v) is 7.30. The van der Waals surface area contributed by atoms with Crippen LogP contribution in [-0.4, -0.2) is 37.8 Å². The molecule has 26 heavy (non-hydrogen) atoms. The zero-order valence-electron chi connectivity index (χ0n) is 13.6. The van der Waals surface area contributed by atoms with E-state index in [0.29, 0.717) is 10.8 Å². The van der Waals surface area contributed by atoms with Crippen molar-refractivity contribution in [1.29, 1.82) is 0 Å². The van der Waals surface area contributed by atoms with E-state index < -0.39 is 0 Å². The molecule has 1 aliphatic rings. The van der Waals surface area contributed by atoms with Crippen molar-refractivity contribution in [3.05, 3.63) is 53.0 Å². The number of nitrogens with zero attached hydrogens (tertiary/aromatic N) is 5. The van der Waals surface area contributed by atoms with Crippen LogP contribution in [0.4, 0.5) is 5.82 Å². The fourth-order valence-corrected chi connectivity index (χ4v) is 3.75. The fraction of sp³-hybridized carbons (Fsp3) is 0.111. The summed E-state index contributed by atoms with van der Waals surface area (Å²) in [6, 6.07) is 16.1. The van der Waals surface area contributed by atoms with E-state index in [1.807, 2.05) is 53.4 Å². The van der Waals surface area contributed by atoms with Crippen molar-refractivity contribution in [3.63, 3.8) is 0 Å². The average Bonchev–Trinajstić information content (AvgIpc) is 3.28. The lowest BCUT2D eigenvalue weighted by molar-refractivity contribution is 0.966. The normalized spacial score (nSPS) is 14.3. The van der Waals surface area contributed by atoms with Crippen LogP contribution in [-0.2, 0) is 0 Å². The number of aromatic nitrogens is 4. The van der Waals surface area contributed by atoms with Gasteiger partial charge in [0.2, 0.25) is 5.65 Å². The monoisotopic (exact) mass is 424 g/mol. The Morgan fingerprint density at radius 1 is 1.04 bits per heavy atom. The molecule has 0 amide bonds. The first-order chi connectivity index (χ1) is 12.7. The third-order valence-electron chi connectivity index (χ3n) is 4.43. The molecule has 0 bridgehead atoms. The molecule has 1 N–H and O–H groups in total. The highest BCUT2D eigenvalue weighted by molar-refractivity contribution is 9.10. The zero-order chi connectivity index (χ0) is 17.7. The largest absolute Gasteiger partial charge is 0.360 e. The first-order valence-corrected chi connectivity index (χ1v) is 9.38. The van der Waals surface area contributed by atoms with Gasteiger partial charge in [0, 0.05) is 23.1 Å². The number of para-hydroxylation sites is 2. The van der Waals surface area contributed by atoms with Crippen molar-refractivity contribution in [3.8, 4) is 11.4 Å². The van der Waals surface area contributed by atoms with Crippen LogP contribution in [0, 0.1) is 0 Å². The maximum absolute atomic E-state index is 5.43. The van der Waals surface area contributed by atoms with Crippen molar-refractivity contribution < 1.29 is 0 Å². The van der Waals surface area contributed by atoms with Gasteiger partial charge in [0.15, 0.2) is 16.8 Å². The molecule has 3 heterocycles. The number of benzene rings is 2. The van der Waals surface area contributed by atoms with E-state index in [2.05, 4.69) is 35.8 Å². The van der Waals surface area contributed by atoms with Gasteiger partial charge in [-0.2, -0.15) is 0 Å². The van der Waals surface area contributed by atoms with Gasteiger partial charge >= 0.3 is 0 Å².